The van der Waals surface area contributed by atoms with Gasteiger partial charge in [0.05, 0.1) is 28.3 Å². The number of rotatable bonds is 9. The van der Waals surface area contributed by atoms with Crippen molar-refractivity contribution < 1.29 is 102 Å². The predicted octanol–water partition coefficient (Wildman–Crippen LogP) is 2.26. The summed E-state index contributed by atoms with van der Waals surface area (Å²) in [4.78, 5) is 10.5. The number of phenols is 2. The van der Waals surface area contributed by atoms with Crippen molar-refractivity contribution in [3.63, 3.8) is 0 Å². The second-order valence-corrected chi connectivity index (χ2v) is 12.2. The first-order valence-corrected chi connectivity index (χ1v) is 16.1. The minimum atomic E-state index is -4.85. The number of benzene rings is 6. The Kier molecular flexibility index (Phi) is 13.2. The fourth-order valence-corrected chi connectivity index (χ4v) is 5.45. The van der Waals surface area contributed by atoms with Gasteiger partial charge in [-0.2, -0.15) is 28.9 Å². The summed E-state index contributed by atoms with van der Waals surface area (Å²) >= 11 is 0. The molecule has 53 heavy (non-hydrogen) atoms. The second kappa shape index (κ2) is 17.2. The molecule has 0 fully saturated rings. The summed E-state index contributed by atoms with van der Waals surface area (Å²) in [6.45, 7) is 0. The van der Waals surface area contributed by atoms with Crippen LogP contribution in [0.25, 0.3) is 21.9 Å². The van der Waals surface area contributed by atoms with E-state index in [9.17, 15) is 38.2 Å². The molecule has 0 saturated carbocycles. The third-order valence-electron chi connectivity index (χ3n) is 7.34. The fourth-order valence-electron chi connectivity index (χ4n) is 4.80. The van der Waals surface area contributed by atoms with Crippen molar-refractivity contribution in [2.75, 3.05) is 0 Å². The molecule has 254 valence electrons. The Balaban J connectivity index is 0.00000314. The zero-order valence-electron chi connectivity index (χ0n) is 27.8. The van der Waals surface area contributed by atoms with Gasteiger partial charge >= 0.3 is 65.1 Å². The smallest absolute Gasteiger partial charge is 0.872 e. The number of aromatic hydroxyl groups is 2. The molecule has 18 heteroatoms. The Labute approximate surface area is 345 Å². The van der Waals surface area contributed by atoms with Crippen LogP contribution < -0.4 is 69.3 Å². The summed E-state index contributed by atoms with van der Waals surface area (Å²) in [5.41, 5.74) is 1.88. The van der Waals surface area contributed by atoms with Crippen LogP contribution in [0, 0.1) is 0 Å². The first-order chi connectivity index (χ1) is 24.4. The molecule has 6 rings (SSSR count). The van der Waals surface area contributed by atoms with E-state index < -0.39 is 49.5 Å². The van der Waals surface area contributed by atoms with E-state index in [-0.39, 0.29) is 92.7 Å². The molecule has 6 aromatic carbocycles. The summed E-state index contributed by atoms with van der Waals surface area (Å²) in [5, 5.41) is 77.5. The number of fused-ring (bicyclic) bond motifs is 1. The van der Waals surface area contributed by atoms with Crippen LogP contribution in [0.1, 0.15) is 10.4 Å². The second-order valence-electron chi connectivity index (χ2n) is 10.8. The molecule has 0 saturated heterocycles. The normalized spacial score (nSPS) is 11.6. The molecule has 0 aliphatic carbocycles. The number of nitrogens with zero attached hydrogens (tertiary/aromatic N) is 6. The molecule has 0 amide bonds. The molecule has 6 aromatic rings. The van der Waals surface area contributed by atoms with Gasteiger partial charge in [-0.1, -0.05) is 48.2 Å². The van der Waals surface area contributed by atoms with Gasteiger partial charge in [0.25, 0.3) is 10.1 Å². The van der Waals surface area contributed by atoms with Gasteiger partial charge in [-0.3, -0.25) is 4.55 Å². The van der Waals surface area contributed by atoms with E-state index in [1.807, 2.05) is 0 Å². The first-order valence-electron chi connectivity index (χ1n) is 14.6. The Morgan fingerprint density at radius 2 is 1.13 bits per heavy atom. The number of carboxylic acids is 1. The van der Waals surface area contributed by atoms with E-state index in [1.165, 1.54) is 36.4 Å². The van der Waals surface area contributed by atoms with Crippen molar-refractivity contribution in [2.45, 2.75) is 4.90 Å². The topological polar surface area (TPSA) is 252 Å². The number of aromatic carboxylic acids is 1. The van der Waals surface area contributed by atoms with E-state index in [0.29, 0.717) is 11.4 Å². The molecule has 15 nitrogen and oxygen atoms in total. The molecule has 0 bridgehead atoms. The van der Waals surface area contributed by atoms with E-state index in [4.69, 9.17) is 5.11 Å². The summed E-state index contributed by atoms with van der Waals surface area (Å²) in [7, 11) is -4.85. The standard InChI is InChI=1S/C35H24N6O9S.2Na/c42-26-12-13-29(31(44)18-26)40-39-24-10-5-21-15-32(51(48,49)50)33(34(45)27(21)16-24)41-37-23-8-3-20(4-9-23)19-1-6-22(7-2-19)36-38-25-11-14-30(43)28(17-25)35(46)47;;/h1-18,42-45H,(H,46,47)(H,48,49,50);;/q;2*+1/p-2. The van der Waals surface area contributed by atoms with Gasteiger partial charge in [-0.05, 0) is 83.2 Å². The Morgan fingerprint density at radius 3 is 1.72 bits per heavy atom. The Morgan fingerprint density at radius 1 is 0.604 bits per heavy atom. The maximum Gasteiger partial charge on any atom is 1.00 e. The molecule has 0 heterocycles. The van der Waals surface area contributed by atoms with Gasteiger partial charge in [0.2, 0.25) is 0 Å². The van der Waals surface area contributed by atoms with Crippen molar-refractivity contribution in [1.82, 2.24) is 0 Å². The van der Waals surface area contributed by atoms with Crippen LogP contribution in [0.2, 0.25) is 0 Å². The summed E-state index contributed by atoms with van der Waals surface area (Å²) < 4.78 is 34.4. The Hall–Kier alpha value is -5.04. The van der Waals surface area contributed by atoms with Crippen LogP contribution in [0.15, 0.2) is 145 Å². The van der Waals surface area contributed by atoms with E-state index >= 15 is 0 Å². The predicted molar refractivity (Wildman–Crippen MR) is 180 cm³/mol. The van der Waals surface area contributed by atoms with Gasteiger partial charge in [0, 0.05) is 5.39 Å². The van der Waals surface area contributed by atoms with Gasteiger partial charge in [-0.15, -0.1) is 16.0 Å². The molecular formula is C35H22N6Na2O9S. The number of phenolic OH excluding ortho intramolecular Hbond substituents is 2. The van der Waals surface area contributed by atoms with Crippen LogP contribution in [-0.4, -0.2) is 34.3 Å². The van der Waals surface area contributed by atoms with Crippen molar-refractivity contribution >= 4 is 61.0 Å². The zero-order chi connectivity index (χ0) is 36.3. The maximum atomic E-state index is 12.2. The molecular weight excluding hydrogens is 726 g/mol. The fraction of sp³-hybridized carbons (Fsp3) is 0. The van der Waals surface area contributed by atoms with Crippen molar-refractivity contribution in [1.29, 1.82) is 0 Å². The molecule has 0 aromatic heterocycles. The van der Waals surface area contributed by atoms with Crippen molar-refractivity contribution in [3.05, 3.63) is 115 Å². The van der Waals surface area contributed by atoms with E-state index in [1.54, 1.807) is 48.5 Å². The average Bonchev–Trinajstić information content (AvgIpc) is 3.10. The monoisotopic (exact) mass is 748 g/mol. The average molecular weight is 749 g/mol. The minimum absolute atomic E-state index is 0. The molecule has 0 aliphatic rings. The summed E-state index contributed by atoms with van der Waals surface area (Å²) in [5.74, 6) is -3.36. The van der Waals surface area contributed by atoms with Crippen LogP contribution >= 0.6 is 0 Å². The van der Waals surface area contributed by atoms with Gasteiger partial charge in [-0.25, -0.2) is 4.79 Å². The van der Waals surface area contributed by atoms with E-state index in [0.717, 1.165) is 35.4 Å². The number of azo groups is 3. The van der Waals surface area contributed by atoms with Crippen LogP contribution in [0.3, 0.4) is 0 Å². The maximum absolute atomic E-state index is 12.2. The summed E-state index contributed by atoms with van der Waals surface area (Å²) in [6.07, 6.45) is 0. The molecule has 0 unspecified atom stereocenters. The molecule has 4 N–H and O–H groups in total. The van der Waals surface area contributed by atoms with Gasteiger partial charge in [0.15, 0.2) is 5.75 Å². The number of hydrogen-bond donors (Lipinski definition) is 4. The number of carbonyl (C=O) groups is 1. The molecule has 0 spiro atoms. The van der Waals surface area contributed by atoms with Crippen LogP contribution in [0.5, 0.6) is 23.0 Å². The van der Waals surface area contributed by atoms with Crippen LogP contribution in [0.4, 0.5) is 34.1 Å². The SMILES string of the molecule is O=C(O)c1cc(N=Nc2ccc(-c3ccc(N=Nc4c(S(=O)(=O)O)cc5ccc(N=Nc6ccc([O-])cc6O)cc5c4O)cc3)cc2)ccc1[O-].[Na+].[Na+]. The molecule has 0 atom stereocenters. The summed E-state index contributed by atoms with van der Waals surface area (Å²) in [6, 6.07) is 26.1. The van der Waals surface area contributed by atoms with Gasteiger partial charge in [0.1, 0.15) is 22.0 Å². The molecule has 0 aliphatic heterocycles. The number of carboxylic acid groups (broad SMARTS) is 1. The van der Waals surface area contributed by atoms with Crippen molar-refractivity contribution in [3.8, 4) is 34.1 Å². The minimum Gasteiger partial charge on any atom is -0.872 e. The molecule has 0 radical (unpaired) electrons. The van der Waals surface area contributed by atoms with E-state index in [2.05, 4.69) is 30.7 Å². The van der Waals surface area contributed by atoms with Crippen molar-refractivity contribution in [2.24, 2.45) is 30.7 Å². The van der Waals surface area contributed by atoms with Crippen LogP contribution in [-0.2, 0) is 10.1 Å². The van der Waals surface area contributed by atoms with Gasteiger partial charge < -0.3 is 25.5 Å². The zero-order valence-corrected chi connectivity index (χ0v) is 32.6. The Bertz CT molecular complexity index is 2530. The largest absolute Gasteiger partial charge is 1.00 e. The quantitative estimate of drug-likeness (QED) is 0.0960. The third kappa shape index (κ3) is 9.69. The first kappa shape index (κ1) is 40.7. The third-order valence-corrected chi connectivity index (χ3v) is 8.21. The number of hydrogen-bond acceptors (Lipinski definition) is 13.